The summed E-state index contributed by atoms with van der Waals surface area (Å²) in [4.78, 5) is 13.5. The molecular formula is C20H23N3O2S. The molecule has 5 nitrogen and oxygen atoms in total. The number of fused-ring (bicyclic) bond motifs is 1. The Morgan fingerprint density at radius 3 is 2.69 bits per heavy atom. The van der Waals surface area contributed by atoms with Gasteiger partial charge in [0, 0.05) is 23.5 Å². The Labute approximate surface area is 157 Å². The number of thiophene rings is 1. The molecule has 1 aromatic carbocycles. The highest BCUT2D eigenvalue weighted by Crippen LogP contribution is 2.35. The molecule has 3 aromatic rings. The van der Waals surface area contributed by atoms with Gasteiger partial charge < -0.3 is 14.4 Å². The molecule has 0 amide bonds. The maximum atomic E-state index is 5.54. The standard InChI is InChI=1S/C20H23N3O2S/c1-6-9-23(11-15-10-16(24-4)7-8-17(15)25-5)19-18-13(2)14(3)26-20(18)22-12-21-19/h6-8,10,12H,1,9,11H2,2-5H3. The number of anilines is 1. The molecule has 0 saturated heterocycles. The van der Waals surface area contributed by atoms with E-state index in [2.05, 4.69) is 35.3 Å². The van der Waals surface area contributed by atoms with Crippen molar-refractivity contribution in [3.63, 3.8) is 0 Å². The molecule has 6 heteroatoms. The molecule has 0 aliphatic carbocycles. The van der Waals surface area contributed by atoms with E-state index in [0.717, 1.165) is 33.1 Å². The van der Waals surface area contributed by atoms with Crippen molar-refractivity contribution in [1.29, 1.82) is 0 Å². The number of ether oxygens (including phenoxy) is 2. The van der Waals surface area contributed by atoms with Crippen LogP contribution in [0.1, 0.15) is 16.0 Å². The zero-order valence-electron chi connectivity index (χ0n) is 15.6. The lowest BCUT2D eigenvalue weighted by Crippen LogP contribution is -2.24. The topological polar surface area (TPSA) is 47.5 Å². The second kappa shape index (κ2) is 7.74. The van der Waals surface area contributed by atoms with Crippen LogP contribution in [0.5, 0.6) is 11.5 Å². The first kappa shape index (κ1) is 18.2. The van der Waals surface area contributed by atoms with Crippen LogP contribution in [0.25, 0.3) is 10.2 Å². The third-order valence-electron chi connectivity index (χ3n) is 4.44. The van der Waals surface area contributed by atoms with Crippen molar-refractivity contribution in [2.75, 3.05) is 25.7 Å². The summed E-state index contributed by atoms with van der Waals surface area (Å²) in [5, 5.41) is 1.11. The number of aryl methyl sites for hydroxylation is 2. The molecule has 2 aromatic heterocycles. The predicted molar refractivity (Wildman–Crippen MR) is 108 cm³/mol. The Kier molecular flexibility index (Phi) is 5.42. The quantitative estimate of drug-likeness (QED) is 0.573. The third-order valence-corrected chi connectivity index (χ3v) is 5.56. The van der Waals surface area contributed by atoms with Gasteiger partial charge in [-0.15, -0.1) is 17.9 Å². The number of rotatable bonds is 7. The molecule has 0 aliphatic rings. The van der Waals surface area contributed by atoms with Gasteiger partial charge in [-0.3, -0.25) is 0 Å². The molecule has 0 saturated carbocycles. The van der Waals surface area contributed by atoms with E-state index in [1.54, 1.807) is 31.9 Å². The Hall–Kier alpha value is -2.60. The van der Waals surface area contributed by atoms with Crippen LogP contribution in [0, 0.1) is 13.8 Å². The van der Waals surface area contributed by atoms with Crippen molar-refractivity contribution in [3.8, 4) is 11.5 Å². The Bertz CT molecular complexity index is 936. The smallest absolute Gasteiger partial charge is 0.141 e. The zero-order valence-corrected chi connectivity index (χ0v) is 16.4. The lowest BCUT2D eigenvalue weighted by molar-refractivity contribution is 0.398. The minimum atomic E-state index is 0.632. The number of hydrogen-bond donors (Lipinski definition) is 0. The van der Waals surface area contributed by atoms with Gasteiger partial charge in [0.05, 0.1) is 19.6 Å². The maximum absolute atomic E-state index is 5.54. The largest absolute Gasteiger partial charge is 0.497 e. The van der Waals surface area contributed by atoms with Gasteiger partial charge in [-0.25, -0.2) is 9.97 Å². The summed E-state index contributed by atoms with van der Waals surface area (Å²) in [6, 6.07) is 5.82. The Morgan fingerprint density at radius 2 is 2.00 bits per heavy atom. The van der Waals surface area contributed by atoms with Gasteiger partial charge >= 0.3 is 0 Å². The van der Waals surface area contributed by atoms with Crippen molar-refractivity contribution in [3.05, 3.63) is 53.2 Å². The van der Waals surface area contributed by atoms with Crippen molar-refractivity contribution in [1.82, 2.24) is 9.97 Å². The Morgan fingerprint density at radius 1 is 1.19 bits per heavy atom. The summed E-state index contributed by atoms with van der Waals surface area (Å²) in [5.41, 5.74) is 2.26. The SMILES string of the molecule is C=CCN(Cc1cc(OC)ccc1OC)c1ncnc2sc(C)c(C)c12. The van der Waals surface area contributed by atoms with E-state index in [9.17, 15) is 0 Å². The fourth-order valence-electron chi connectivity index (χ4n) is 3.00. The van der Waals surface area contributed by atoms with Crippen LogP contribution in [-0.4, -0.2) is 30.7 Å². The molecule has 0 N–H and O–H groups in total. The molecule has 2 heterocycles. The van der Waals surface area contributed by atoms with Crippen molar-refractivity contribution in [2.24, 2.45) is 0 Å². The van der Waals surface area contributed by atoms with Crippen LogP contribution in [0.15, 0.2) is 37.2 Å². The lowest BCUT2D eigenvalue weighted by Gasteiger charge is -2.24. The van der Waals surface area contributed by atoms with Crippen molar-refractivity contribution >= 4 is 27.4 Å². The number of hydrogen-bond acceptors (Lipinski definition) is 6. The maximum Gasteiger partial charge on any atom is 0.141 e. The van der Waals surface area contributed by atoms with Crippen molar-refractivity contribution < 1.29 is 9.47 Å². The van der Waals surface area contributed by atoms with Gasteiger partial charge in [-0.2, -0.15) is 0 Å². The molecule has 0 bridgehead atoms. The molecule has 0 spiro atoms. The first-order valence-corrected chi connectivity index (χ1v) is 9.18. The highest BCUT2D eigenvalue weighted by Gasteiger charge is 2.18. The van der Waals surface area contributed by atoms with Crippen molar-refractivity contribution in [2.45, 2.75) is 20.4 Å². The summed E-state index contributed by atoms with van der Waals surface area (Å²) < 4.78 is 10.9. The second-order valence-corrected chi connectivity index (χ2v) is 7.21. The van der Waals surface area contributed by atoms with Gasteiger partial charge in [0.15, 0.2) is 0 Å². The minimum Gasteiger partial charge on any atom is -0.497 e. The highest BCUT2D eigenvalue weighted by molar-refractivity contribution is 7.18. The predicted octanol–water partition coefficient (Wildman–Crippen LogP) is 4.52. The van der Waals surface area contributed by atoms with Crippen LogP contribution < -0.4 is 14.4 Å². The highest BCUT2D eigenvalue weighted by atomic mass is 32.1. The summed E-state index contributed by atoms with van der Waals surface area (Å²) >= 11 is 1.70. The fraction of sp³-hybridized carbons (Fsp3) is 0.300. The third kappa shape index (κ3) is 3.37. The average molecular weight is 369 g/mol. The Balaban J connectivity index is 2.08. The molecule has 136 valence electrons. The molecule has 26 heavy (non-hydrogen) atoms. The van der Waals surface area contributed by atoms with Crippen LogP contribution in [0.4, 0.5) is 5.82 Å². The van der Waals surface area contributed by atoms with E-state index in [-0.39, 0.29) is 0 Å². The molecular weight excluding hydrogens is 346 g/mol. The monoisotopic (exact) mass is 369 g/mol. The van der Waals surface area contributed by atoms with E-state index in [1.165, 1.54) is 10.4 Å². The van der Waals surface area contributed by atoms with Crippen LogP contribution in [0.2, 0.25) is 0 Å². The molecule has 3 rings (SSSR count). The minimum absolute atomic E-state index is 0.632. The van der Waals surface area contributed by atoms with E-state index in [4.69, 9.17) is 9.47 Å². The molecule has 0 unspecified atom stereocenters. The second-order valence-electron chi connectivity index (χ2n) is 6.01. The average Bonchev–Trinajstić information content (AvgIpc) is 2.95. The number of methoxy groups -OCH3 is 2. The number of benzene rings is 1. The van der Waals surface area contributed by atoms with E-state index in [1.807, 2.05) is 24.3 Å². The summed E-state index contributed by atoms with van der Waals surface area (Å²) in [7, 11) is 3.34. The molecule has 0 atom stereocenters. The zero-order chi connectivity index (χ0) is 18.7. The summed E-state index contributed by atoms with van der Waals surface area (Å²) in [6.45, 7) is 9.46. The van der Waals surface area contributed by atoms with E-state index < -0.39 is 0 Å². The molecule has 0 aliphatic heterocycles. The van der Waals surface area contributed by atoms with Gasteiger partial charge in [-0.05, 0) is 37.6 Å². The van der Waals surface area contributed by atoms with E-state index in [0.29, 0.717) is 13.1 Å². The molecule has 0 radical (unpaired) electrons. The van der Waals surface area contributed by atoms with Crippen LogP contribution >= 0.6 is 11.3 Å². The van der Waals surface area contributed by atoms with E-state index >= 15 is 0 Å². The normalized spacial score (nSPS) is 10.8. The van der Waals surface area contributed by atoms with Gasteiger partial charge in [0.25, 0.3) is 0 Å². The van der Waals surface area contributed by atoms with Gasteiger partial charge in [0.2, 0.25) is 0 Å². The molecule has 0 fully saturated rings. The van der Waals surface area contributed by atoms with Crippen LogP contribution in [-0.2, 0) is 6.54 Å². The number of aromatic nitrogens is 2. The summed E-state index contributed by atoms with van der Waals surface area (Å²) in [5.74, 6) is 2.54. The van der Waals surface area contributed by atoms with Gasteiger partial charge in [0.1, 0.15) is 28.5 Å². The van der Waals surface area contributed by atoms with Crippen LogP contribution in [0.3, 0.4) is 0 Å². The summed E-state index contributed by atoms with van der Waals surface area (Å²) in [6.07, 6.45) is 3.51. The van der Waals surface area contributed by atoms with Gasteiger partial charge in [-0.1, -0.05) is 6.08 Å². The first-order chi connectivity index (χ1) is 12.6. The fourth-order valence-corrected chi connectivity index (χ4v) is 3.99. The first-order valence-electron chi connectivity index (χ1n) is 8.36. The number of nitrogens with zero attached hydrogens (tertiary/aromatic N) is 3. The lowest BCUT2D eigenvalue weighted by atomic mass is 10.1.